The summed E-state index contributed by atoms with van der Waals surface area (Å²) in [5, 5.41) is 13.5. The quantitative estimate of drug-likeness (QED) is 0.751. The van der Waals surface area contributed by atoms with E-state index in [1.165, 1.54) is 38.5 Å². The normalized spacial score (nSPS) is 42.0. The van der Waals surface area contributed by atoms with E-state index in [1.807, 2.05) is 0 Å². The van der Waals surface area contributed by atoms with Crippen molar-refractivity contribution >= 4 is 0 Å². The van der Waals surface area contributed by atoms with Crippen molar-refractivity contribution in [3.63, 3.8) is 0 Å². The van der Waals surface area contributed by atoms with Gasteiger partial charge in [-0.3, -0.25) is 0 Å². The van der Waals surface area contributed by atoms with Crippen LogP contribution in [0.2, 0.25) is 0 Å². The predicted octanol–water partition coefficient (Wildman–Crippen LogP) is 2.32. The summed E-state index contributed by atoms with van der Waals surface area (Å²) >= 11 is 0. The van der Waals surface area contributed by atoms with E-state index < -0.39 is 0 Å². The van der Waals surface area contributed by atoms with Crippen LogP contribution in [-0.2, 0) is 0 Å². The highest BCUT2D eigenvalue weighted by atomic mass is 16.3. The Labute approximate surface area is 93.5 Å². The van der Waals surface area contributed by atoms with E-state index in [-0.39, 0.29) is 6.10 Å². The maximum atomic E-state index is 9.87. The SMILES string of the molecule is CC1CCCC1NCC1CCCCC1O. The monoisotopic (exact) mass is 211 g/mol. The van der Waals surface area contributed by atoms with Crippen LogP contribution in [-0.4, -0.2) is 23.8 Å². The summed E-state index contributed by atoms with van der Waals surface area (Å²) in [5.74, 6) is 1.36. The lowest BCUT2D eigenvalue weighted by atomic mass is 9.86. The van der Waals surface area contributed by atoms with Crippen molar-refractivity contribution in [2.24, 2.45) is 11.8 Å². The number of aliphatic hydroxyl groups is 1. The molecule has 0 spiro atoms. The fourth-order valence-electron chi connectivity index (χ4n) is 3.18. The third-order valence-electron chi connectivity index (χ3n) is 4.37. The Kier molecular flexibility index (Phi) is 4.04. The molecule has 4 unspecified atom stereocenters. The van der Waals surface area contributed by atoms with Crippen LogP contribution in [0.4, 0.5) is 0 Å². The predicted molar refractivity (Wildman–Crippen MR) is 62.8 cm³/mol. The molecule has 15 heavy (non-hydrogen) atoms. The van der Waals surface area contributed by atoms with E-state index in [9.17, 15) is 5.11 Å². The molecule has 4 atom stereocenters. The van der Waals surface area contributed by atoms with Crippen molar-refractivity contribution in [1.82, 2.24) is 5.32 Å². The molecule has 2 nitrogen and oxygen atoms in total. The first-order chi connectivity index (χ1) is 7.27. The third kappa shape index (κ3) is 2.94. The Morgan fingerprint density at radius 3 is 2.53 bits per heavy atom. The van der Waals surface area contributed by atoms with E-state index >= 15 is 0 Å². The second-order valence-electron chi connectivity index (χ2n) is 5.53. The first kappa shape index (κ1) is 11.4. The van der Waals surface area contributed by atoms with Crippen molar-refractivity contribution in [2.75, 3.05) is 6.54 Å². The van der Waals surface area contributed by atoms with Gasteiger partial charge in [-0.1, -0.05) is 26.2 Å². The highest BCUT2D eigenvalue weighted by Gasteiger charge is 2.27. The topological polar surface area (TPSA) is 32.3 Å². The molecule has 2 saturated carbocycles. The van der Waals surface area contributed by atoms with Crippen LogP contribution in [0.25, 0.3) is 0 Å². The van der Waals surface area contributed by atoms with Crippen LogP contribution < -0.4 is 5.32 Å². The van der Waals surface area contributed by atoms with E-state index in [1.54, 1.807) is 0 Å². The van der Waals surface area contributed by atoms with Crippen LogP contribution in [0.1, 0.15) is 51.9 Å². The van der Waals surface area contributed by atoms with E-state index in [0.717, 1.165) is 24.9 Å². The fraction of sp³-hybridized carbons (Fsp3) is 1.00. The average molecular weight is 211 g/mol. The molecule has 0 amide bonds. The summed E-state index contributed by atoms with van der Waals surface area (Å²) in [6.45, 7) is 3.39. The minimum Gasteiger partial charge on any atom is -0.393 e. The number of nitrogens with one attached hydrogen (secondary N) is 1. The summed E-state index contributed by atoms with van der Waals surface area (Å²) in [5.41, 5.74) is 0. The van der Waals surface area contributed by atoms with Crippen LogP contribution in [0.3, 0.4) is 0 Å². The first-order valence-electron chi connectivity index (χ1n) is 6.69. The molecule has 2 N–H and O–H groups in total. The summed E-state index contributed by atoms with van der Waals surface area (Å²) in [7, 11) is 0. The molecule has 2 aliphatic rings. The second kappa shape index (κ2) is 5.31. The van der Waals surface area contributed by atoms with Gasteiger partial charge in [-0.05, 0) is 37.5 Å². The lowest BCUT2D eigenvalue weighted by Crippen LogP contribution is -2.39. The average Bonchev–Trinajstić information content (AvgIpc) is 2.63. The van der Waals surface area contributed by atoms with Crippen molar-refractivity contribution in [3.05, 3.63) is 0 Å². The van der Waals surface area contributed by atoms with E-state index in [4.69, 9.17) is 0 Å². The maximum Gasteiger partial charge on any atom is 0.0580 e. The van der Waals surface area contributed by atoms with E-state index in [2.05, 4.69) is 12.2 Å². The van der Waals surface area contributed by atoms with Gasteiger partial charge in [0.2, 0.25) is 0 Å². The number of hydrogen-bond acceptors (Lipinski definition) is 2. The van der Waals surface area contributed by atoms with Gasteiger partial charge in [0.15, 0.2) is 0 Å². The lowest BCUT2D eigenvalue weighted by Gasteiger charge is -2.29. The Morgan fingerprint density at radius 2 is 1.87 bits per heavy atom. The first-order valence-corrected chi connectivity index (χ1v) is 6.69. The molecule has 0 radical (unpaired) electrons. The van der Waals surface area contributed by atoms with Crippen LogP contribution in [0.15, 0.2) is 0 Å². The van der Waals surface area contributed by atoms with Crippen LogP contribution in [0.5, 0.6) is 0 Å². The highest BCUT2D eigenvalue weighted by molar-refractivity contribution is 4.83. The van der Waals surface area contributed by atoms with Gasteiger partial charge in [0.25, 0.3) is 0 Å². The Morgan fingerprint density at radius 1 is 1.07 bits per heavy atom. The lowest BCUT2D eigenvalue weighted by molar-refractivity contribution is 0.0674. The van der Waals surface area contributed by atoms with Gasteiger partial charge < -0.3 is 10.4 Å². The molecule has 0 aromatic carbocycles. The zero-order chi connectivity index (χ0) is 10.7. The summed E-state index contributed by atoms with van der Waals surface area (Å²) in [6.07, 6.45) is 8.83. The summed E-state index contributed by atoms with van der Waals surface area (Å²) in [6, 6.07) is 0.721. The summed E-state index contributed by atoms with van der Waals surface area (Å²) < 4.78 is 0. The molecule has 2 fully saturated rings. The fourth-order valence-corrected chi connectivity index (χ4v) is 3.18. The van der Waals surface area contributed by atoms with Crippen LogP contribution >= 0.6 is 0 Å². The highest BCUT2D eigenvalue weighted by Crippen LogP contribution is 2.27. The molecule has 0 bridgehead atoms. The van der Waals surface area contributed by atoms with Gasteiger partial charge in [0, 0.05) is 12.6 Å². The largest absolute Gasteiger partial charge is 0.393 e. The van der Waals surface area contributed by atoms with Crippen molar-refractivity contribution in [2.45, 2.75) is 64.0 Å². The molecule has 0 aromatic rings. The smallest absolute Gasteiger partial charge is 0.0580 e. The Bertz CT molecular complexity index is 195. The van der Waals surface area contributed by atoms with E-state index in [0.29, 0.717) is 5.92 Å². The van der Waals surface area contributed by atoms with Gasteiger partial charge in [-0.15, -0.1) is 0 Å². The van der Waals surface area contributed by atoms with Gasteiger partial charge in [0.1, 0.15) is 0 Å². The third-order valence-corrected chi connectivity index (χ3v) is 4.37. The number of hydrogen-bond donors (Lipinski definition) is 2. The van der Waals surface area contributed by atoms with Gasteiger partial charge in [-0.25, -0.2) is 0 Å². The van der Waals surface area contributed by atoms with Crippen molar-refractivity contribution in [1.29, 1.82) is 0 Å². The van der Waals surface area contributed by atoms with Gasteiger partial charge in [-0.2, -0.15) is 0 Å². The molecule has 0 saturated heterocycles. The maximum absolute atomic E-state index is 9.87. The molecule has 2 rings (SSSR count). The van der Waals surface area contributed by atoms with Gasteiger partial charge >= 0.3 is 0 Å². The zero-order valence-corrected chi connectivity index (χ0v) is 9.91. The Balaban J connectivity index is 1.72. The van der Waals surface area contributed by atoms with Crippen molar-refractivity contribution in [3.8, 4) is 0 Å². The molecule has 2 heteroatoms. The minimum atomic E-state index is -0.0389. The number of rotatable bonds is 3. The standard InChI is InChI=1S/C13H25NO/c1-10-5-4-7-12(10)14-9-11-6-2-3-8-13(11)15/h10-15H,2-9H2,1H3. The molecule has 2 aliphatic carbocycles. The molecular formula is C13H25NO. The zero-order valence-electron chi connectivity index (χ0n) is 9.91. The van der Waals surface area contributed by atoms with Crippen LogP contribution in [0, 0.1) is 11.8 Å². The summed E-state index contributed by atoms with van der Waals surface area (Å²) in [4.78, 5) is 0. The van der Waals surface area contributed by atoms with Crippen molar-refractivity contribution < 1.29 is 5.11 Å². The molecule has 0 heterocycles. The molecule has 0 aromatic heterocycles. The molecule has 88 valence electrons. The Hall–Kier alpha value is -0.0800. The molecule has 0 aliphatic heterocycles. The van der Waals surface area contributed by atoms with Gasteiger partial charge in [0.05, 0.1) is 6.10 Å². The number of aliphatic hydroxyl groups excluding tert-OH is 1. The molecular weight excluding hydrogens is 186 g/mol. The minimum absolute atomic E-state index is 0.0389. The second-order valence-corrected chi connectivity index (χ2v) is 5.53.